The topological polar surface area (TPSA) is 34.2 Å². The zero-order valence-electron chi connectivity index (χ0n) is 13.1. The van der Waals surface area contributed by atoms with Crippen molar-refractivity contribution in [2.75, 3.05) is 0 Å². The lowest BCUT2D eigenvalue weighted by atomic mass is 9.96. The molecule has 1 fully saturated rings. The average Bonchev–Trinajstić information content (AvgIpc) is 2.40. The van der Waals surface area contributed by atoms with E-state index in [0.29, 0.717) is 6.10 Å². The average molecular weight is 284 g/mol. The van der Waals surface area contributed by atoms with Crippen LogP contribution in [0.1, 0.15) is 45.6 Å². The molecule has 0 bridgehead atoms. The maximum absolute atomic E-state index is 6.03. The third kappa shape index (κ3) is 3.35. The van der Waals surface area contributed by atoms with Gasteiger partial charge in [-0.05, 0) is 57.0 Å². The van der Waals surface area contributed by atoms with Gasteiger partial charge in [0.05, 0.1) is 0 Å². The molecule has 0 saturated heterocycles. The Kier molecular flexibility index (Phi) is 3.85. The highest BCUT2D eigenvalue weighted by atomic mass is 16.5. The van der Waals surface area contributed by atoms with Gasteiger partial charge in [-0.2, -0.15) is 0 Å². The first-order chi connectivity index (χ1) is 10.0. The van der Waals surface area contributed by atoms with E-state index in [1.54, 1.807) is 0 Å². The standard InChI is InChI=1S/C18H24N2O/c1-18(2,3)20-12-13-11-19-17(21-14-7-6-8-14)16-10-5-4-9-15(13)16/h4-5,9-11,14,20H,6-8,12H2,1-3H3. The van der Waals surface area contributed by atoms with Crippen molar-refractivity contribution in [2.45, 2.75) is 58.2 Å². The van der Waals surface area contributed by atoms with Crippen LogP contribution >= 0.6 is 0 Å². The number of nitrogens with one attached hydrogen (secondary N) is 1. The molecule has 3 nitrogen and oxygen atoms in total. The van der Waals surface area contributed by atoms with Crippen LogP contribution in [0.2, 0.25) is 0 Å². The Balaban J connectivity index is 1.90. The van der Waals surface area contributed by atoms with Gasteiger partial charge in [0.1, 0.15) is 6.10 Å². The molecule has 112 valence electrons. The molecule has 2 aromatic rings. The van der Waals surface area contributed by atoms with Crippen molar-refractivity contribution in [3.05, 3.63) is 36.0 Å². The molecule has 0 radical (unpaired) electrons. The summed E-state index contributed by atoms with van der Waals surface area (Å²) in [6.45, 7) is 7.35. The lowest BCUT2D eigenvalue weighted by Gasteiger charge is -2.26. The summed E-state index contributed by atoms with van der Waals surface area (Å²) in [5.41, 5.74) is 1.32. The molecule has 3 heteroatoms. The van der Waals surface area contributed by atoms with Crippen LogP contribution in [0.4, 0.5) is 0 Å². The number of hydrogen-bond donors (Lipinski definition) is 1. The molecule has 1 saturated carbocycles. The molecule has 0 amide bonds. The molecule has 21 heavy (non-hydrogen) atoms. The summed E-state index contributed by atoms with van der Waals surface area (Å²) in [5, 5.41) is 5.89. The van der Waals surface area contributed by atoms with Crippen LogP contribution in [0.3, 0.4) is 0 Å². The molecule has 0 unspecified atom stereocenters. The van der Waals surface area contributed by atoms with Crippen molar-refractivity contribution in [3.8, 4) is 5.88 Å². The largest absolute Gasteiger partial charge is 0.474 e. The van der Waals surface area contributed by atoms with Crippen molar-refractivity contribution in [1.82, 2.24) is 10.3 Å². The first kappa shape index (κ1) is 14.3. The minimum atomic E-state index is 0.0994. The van der Waals surface area contributed by atoms with Gasteiger partial charge in [0, 0.05) is 23.7 Å². The van der Waals surface area contributed by atoms with E-state index in [1.165, 1.54) is 17.4 Å². The first-order valence-corrected chi connectivity index (χ1v) is 7.81. The number of hydrogen-bond acceptors (Lipinski definition) is 3. The van der Waals surface area contributed by atoms with Crippen LogP contribution < -0.4 is 10.1 Å². The monoisotopic (exact) mass is 284 g/mol. The molecule has 0 spiro atoms. The highest BCUT2D eigenvalue weighted by Crippen LogP contribution is 2.30. The maximum atomic E-state index is 6.03. The summed E-state index contributed by atoms with van der Waals surface area (Å²) in [7, 11) is 0. The van der Waals surface area contributed by atoms with Gasteiger partial charge in [0.2, 0.25) is 5.88 Å². The van der Waals surface area contributed by atoms with E-state index in [1.807, 2.05) is 6.20 Å². The van der Waals surface area contributed by atoms with Gasteiger partial charge in [-0.3, -0.25) is 0 Å². The second-order valence-electron chi connectivity index (χ2n) is 6.91. The Morgan fingerprint density at radius 2 is 1.90 bits per heavy atom. The quantitative estimate of drug-likeness (QED) is 0.919. The van der Waals surface area contributed by atoms with E-state index in [-0.39, 0.29) is 5.54 Å². The predicted molar refractivity (Wildman–Crippen MR) is 86.6 cm³/mol. The van der Waals surface area contributed by atoms with Gasteiger partial charge in [-0.1, -0.05) is 18.2 Å². The molecule has 3 rings (SSSR count). The zero-order valence-corrected chi connectivity index (χ0v) is 13.1. The van der Waals surface area contributed by atoms with Crippen molar-refractivity contribution >= 4 is 10.8 Å². The van der Waals surface area contributed by atoms with Crippen molar-refractivity contribution in [2.24, 2.45) is 0 Å². The SMILES string of the molecule is CC(C)(C)NCc1cnc(OC2CCC2)c2ccccc12. The van der Waals surface area contributed by atoms with Crippen LogP contribution in [-0.4, -0.2) is 16.6 Å². The first-order valence-electron chi connectivity index (χ1n) is 7.81. The molecule has 1 N–H and O–H groups in total. The summed E-state index contributed by atoms with van der Waals surface area (Å²) in [5.74, 6) is 0.787. The lowest BCUT2D eigenvalue weighted by molar-refractivity contribution is 0.116. The maximum Gasteiger partial charge on any atom is 0.221 e. The second-order valence-corrected chi connectivity index (χ2v) is 6.91. The van der Waals surface area contributed by atoms with Gasteiger partial charge in [-0.15, -0.1) is 0 Å². The van der Waals surface area contributed by atoms with Crippen LogP contribution in [0, 0.1) is 0 Å². The molecule has 1 aromatic carbocycles. The molecule has 0 aliphatic heterocycles. The number of fused-ring (bicyclic) bond motifs is 1. The van der Waals surface area contributed by atoms with E-state index in [2.05, 4.69) is 55.3 Å². The predicted octanol–water partition coefficient (Wildman–Crippen LogP) is 4.05. The van der Waals surface area contributed by atoms with Gasteiger partial charge in [-0.25, -0.2) is 4.98 Å². The Morgan fingerprint density at radius 1 is 1.19 bits per heavy atom. The highest BCUT2D eigenvalue weighted by Gasteiger charge is 2.21. The molecule has 1 heterocycles. The fraction of sp³-hybridized carbons (Fsp3) is 0.500. The van der Waals surface area contributed by atoms with Crippen LogP contribution in [0.15, 0.2) is 30.5 Å². The molecule has 1 aliphatic rings. The van der Waals surface area contributed by atoms with Crippen LogP contribution in [0.5, 0.6) is 5.88 Å². The fourth-order valence-corrected chi connectivity index (χ4v) is 2.47. The number of rotatable bonds is 4. The number of nitrogens with zero attached hydrogens (tertiary/aromatic N) is 1. The molecule has 0 atom stereocenters. The Hall–Kier alpha value is -1.61. The van der Waals surface area contributed by atoms with Crippen LogP contribution in [-0.2, 0) is 6.54 Å². The zero-order chi connectivity index (χ0) is 14.9. The number of benzene rings is 1. The molecule has 1 aromatic heterocycles. The van der Waals surface area contributed by atoms with Gasteiger partial charge in [0.15, 0.2) is 0 Å². The van der Waals surface area contributed by atoms with Crippen LogP contribution in [0.25, 0.3) is 10.8 Å². The third-order valence-corrected chi connectivity index (χ3v) is 3.98. The Bertz CT molecular complexity index is 627. The van der Waals surface area contributed by atoms with E-state index in [0.717, 1.165) is 30.7 Å². The van der Waals surface area contributed by atoms with Crippen molar-refractivity contribution in [3.63, 3.8) is 0 Å². The number of aromatic nitrogens is 1. The summed E-state index contributed by atoms with van der Waals surface area (Å²) in [4.78, 5) is 4.57. The van der Waals surface area contributed by atoms with Crippen molar-refractivity contribution in [1.29, 1.82) is 0 Å². The van der Waals surface area contributed by atoms with E-state index in [4.69, 9.17) is 4.74 Å². The molecular formula is C18H24N2O. The van der Waals surface area contributed by atoms with E-state index >= 15 is 0 Å². The van der Waals surface area contributed by atoms with Gasteiger partial charge in [0.25, 0.3) is 0 Å². The highest BCUT2D eigenvalue weighted by molar-refractivity contribution is 5.89. The smallest absolute Gasteiger partial charge is 0.221 e. The van der Waals surface area contributed by atoms with Gasteiger partial charge >= 0.3 is 0 Å². The second kappa shape index (κ2) is 5.64. The summed E-state index contributed by atoms with van der Waals surface area (Å²) >= 11 is 0. The third-order valence-electron chi connectivity index (χ3n) is 3.98. The fourth-order valence-electron chi connectivity index (χ4n) is 2.47. The summed E-state index contributed by atoms with van der Waals surface area (Å²) in [6, 6.07) is 8.40. The minimum Gasteiger partial charge on any atom is -0.474 e. The summed E-state index contributed by atoms with van der Waals surface area (Å²) < 4.78 is 6.03. The van der Waals surface area contributed by atoms with Gasteiger partial charge < -0.3 is 10.1 Å². The Morgan fingerprint density at radius 3 is 2.52 bits per heavy atom. The normalized spacial score (nSPS) is 16.0. The van der Waals surface area contributed by atoms with Crippen molar-refractivity contribution < 1.29 is 4.74 Å². The number of ether oxygens (including phenoxy) is 1. The van der Waals surface area contributed by atoms with E-state index < -0.39 is 0 Å². The lowest BCUT2D eigenvalue weighted by Crippen LogP contribution is -2.35. The molecular weight excluding hydrogens is 260 g/mol. The Labute approximate surface area is 126 Å². The summed E-state index contributed by atoms with van der Waals surface area (Å²) in [6.07, 6.45) is 5.90. The number of pyridine rings is 1. The molecule has 1 aliphatic carbocycles. The minimum absolute atomic E-state index is 0.0994. The van der Waals surface area contributed by atoms with E-state index in [9.17, 15) is 0 Å².